The molecule has 2 aromatic rings. The van der Waals surface area contributed by atoms with E-state index in [9.17, 15) is 23.2 Å². The zero-order valence-corrected chi connectivity index (χ0v) is 17.7. The molecule has 1 N–H and O–H groups in total. The summed E-state index contributed by atoms with van der Waals surface area (Å²) in [6.45, 7) is 1.91. The molecule has 31 heavy (non-hydrogen) atoms. The number of thiophene rings is 1. The summed E-state index contributed by atoms with van der Waals surface area (Å²) in [5.74, 6) is 0.0135. The highest BCUT2D eigenvalue weighted by molar-refractivity contribution is 7.16. The third kappa shape index (κ3) is 4.35. The normalized spacial score (nSPS) is 18.6. The Hall–Kier alpha value is -2.73. The van der Waals surface area contributed by atoms with Crippen LogP contribution in [0, 0.1) is 11.3 Å². The third-order valence-corrected chi connectivity index (χ3v) is 7.23. The number of nitrogens with zero attached hydrogens (tertiary/aromatic N) is 3. The van der Waals surface area contributed by atoms with Crippen LogP contribution in [0.4, 0.5) is 23.9 Å². The van der Waals surface area contributed by atoms with Crippen LogP contribution in [0.5, 0.6) is 0 Å². The lowest BCUT2D eigenvalue weighted by atomic mass is 9.93. The van der Waals surface area contributed by atoms with Crippen LogP contribution >= 0.6 is 11.3 Å². The lowest BCUT2D eigenvalue weighted by Gasteiger charge is -2.41. The molecule has 2 heterocycles. The van der Waals surface area contributed by atoms with E-state index >= 15 is 0 Å². The number of carbonyl (C=O) groups is 1. The van der Waals surface area contributed by atoms with Crippen LogP contribution in [0.3, 0.4) is 0 Å². The van der Waals surface area contributed by atoms with Crippen molar-refractivity contribution in [3.8, 4) is 6.07 Å². The first-order valence-corrected chi connectivity index (χ1v) is 11.1. The Labute approximate surface area is 183 Å². The summed E-state index contributed by atoms with van der Waals surface area (Å²) in [6, 6.07) is 12.0. The van der Waals surface area contributed by atoms with Gasteiger partial charge in [0.1, 0.15) is 16.5 Å². The van der Waals surface area contributed by atoms with Gasteiger partial charge in [-0.25, -0.2) is 0 Å². The van der Waals surface area contributed by atoms with E-state index in [1.807, 2.05) is 21.9 Å². The van der Waals surface area contributed by atoms with Crippen LogP contribution in [0.2, 0.25) is 0 Å². The molecule has 2 aliphatic rings. The van der Waals surface area contributed by atoms with Crippen molar-refractivity contribution in [2.24, 2.45) is 0 Å². The van der Waals surface area contributed by atoms with Crippen LogP contribution in [-0.4, -0.2) is 42.5 Å². The number of nitrogens with one attached hydrogen (secondary N) is 1. The Morgan fingerprint density at radius 2 is 1.74 bits per heavy atom. The number of alkyl halides is 3. The second kappa shape index (κ2) is 8.42. The molecule has 1 aliphatic carbocycles. The maximum atomic E-state index is 13.5. The van der Waals surface area contributed by atoms with E-state index in [2.05, 4.69) is 11.4 Å². The largest absolute Gasteiger partial charge is 0.425 e. The molecule has 0 spiro atoms. The number of anilines is 2. The molecule has 1 saturated heterocycles. The van der Waals surface area contributed by atoms with Gasteiger partial charge in [-0.3, -0.25) is 4.79 Å². The van der Waals surface area contributed by atoms with Gasteiger partial charge in [-0.15, -0.1) is 11.3 Å². The quantitative estimate of drug-likeness (QED) is 0.736. The van der Waals surface area contributed by atoms with Crippen LogP contribution in [0.15, 0.2) is 36.4 Å². The summed E-state index contributed by atoms with van der Waals surface area (Å²) < 4.78 is 38.7. The van der Waals surface area contributed by atoms with Crippen molar-refractivity contribution in [1.29, 1.82) is 5.26 Å². The van der Waals surface area contributed by atoms with Crippen molar-refractivity contribution in [2.75, 3.05) is 36.4 Å². The fraction of sp³-hybridized carbons (Fsp3) is 0.455. The minimum atomic E-state index is -4.33. The van der Waals surface area contributed by atoms with Crippen molar-refractivity contribution in [1.82, 2.24) is 4.90 Å². The number of nitriles is 1. The standard InChI is InChI=1S/C22H23F3N4OS/c23-22(24,25)18-7-8-19(31-18)28-11-13-29(14-12-28)20(30)21(9-3-4-10-21)27-17-6-2-1-5-16(17)15-26/h1-2,5-8,27H,3-4,9-14H2. The van der Waals surface area contributed by atoms with Crippen LogP contribution in [0.25, 0.3) is 0 Å². The number of hydrogen-bond donors (Lipinski definition) is 1. The van der Waals surface area contributed by atoms with Crippen LogP contribution in [0.1, 0.15) is 36.1 Å². The first-order valence-electron chi connectivity index (χ1n) is 10.3. The molecule has 0 unspecified atom stereocenters. The predicted octanol–water partition coefficient (Wildman–Crippen LogP) is 4.71. The molecule has 2 fully saturated rings. The fourth-order valence-electron chi connectivity index (χ4n) is 4.40. The van der Waals surface area contributed by atoms with Gasteiger partial charge in [0, 0.05) is 26.2 Å². The monoisotopic (exact) mass is 448 g/mol. The predicted molar refractivity (Wildman–Crippen MR) is 114 cm³/mol. The average molecular weight is 449 g/mol. The average Bonchev–Trinajstić information content (AvgIpc) is 3.44. The second-order valence-electron chi connectivity index (χ2n) is 7.99. The lowest BCUT2D eigenvalue weighted by molar-refractivity contribution is -0.136. The highest BCUT2D eigenvalue weighted by Crippen LogP contribution is 2.39. The number of halogens is 3. The number of carbonyl (C=O) groups excluding carboxylic acids is 1. The molecule has 0 radical (unpaired) electrons. The van der Waals surface area contributed by atoms with Crippen molar-refractivity contribution in [2.45, 2.75) is 37.4 Å². The first kappa shape index (κ1) is 21.5. The number of benzene rings is 1. The molecule has 1 amide bonds. The maximum Gasteiger partial charge on any atom is 0.425 e. The van der Waals surface area contributed by atoms with E-state index in [1.165, 1.54) is 6.07 Å². The van der Waals surface area contributed by atoms with Crippen LogP contribution in [-0.2, 0) is 11.0 Å². The molecule has 4 rings (SSSR count). The van der Waals surface area contributed by atoms with E-state index in [-0.39, 0.29) is 5.91 Å². The van der Waals surface area contributed by atoms with E-state index < -0.39 is 16.6 Å². The molecule has 0 atom stereocenters. The van der Waals surface area contributed by atoms with E-state index in [4.69, 9.17) is 0 Å². The van der Waals surface area contributed by atoms with Gasteiger partial charge < -0.3 is 15.1 Å². The highest BCUT2D eigenvalue weighted by atomic mass is 32.1. The molecular weight excluding hydrogens is 425 g/mol. The van der Waals surface area contributed by atoms with E-state index in [1.54, 1.807) is 12.1 Å². The van der Waals surface area contributed by atoms with Gasteiger partial charge in [0.05, 0.1) is 16.3 Å². The number of amides is 1. The molecule has 1 aromatic carbocycles. The van der Waals surface area contributed by atoms with Crippen molar-refractivity contribution in [3.63, 3.8) is 0 Å². The number of rotatable bonds is 4. The zero-order chi connectivity index (χ0) is 22.1. The minimum Gasteiger partial charge on any atom is -0.370 e. The van der Waals surface area contributed by atoms with Crippen molar-refractivity contribution in [3.05, 3.63) is 46.8 Å². The van der Waals surface area contributed by atoms with Gasteiger partial charge >= 0.3 is 6.18 Å². The molecule has 164 valence electrons. The lowest BCUT2D eigenvalue weighted by Crippen LogP contribution is -2.57. The molecule has 5 nitrogen and oxygen atoms in total. The molecule has 1 saturated carbocycles. The number of para-hydroxylation sites is 1. The summed E-state index contributed by atoms with van der Waals surface area (Å²) in [5.41, 5.74) is 0.434. The Kier molecular flexibility index (Phi) is 5.84. The number of hydrogen-bond acceptors (Lipinski definition) is 5. The second-order valence-corrected chi connectivity index (χ2v) is 9.05. The molecule has 1 aromatic heterocycles. The highest BCUT2D eigenvalue weighted by Gasteiger charge is 2.44. The summed E-state index contributed by atoms with van der Waals surface area (Å²) in [6.07, 6.45) is -1.07. The molecule has 9 heteroatoms. The Morgan fingerprint density at radius 1 is 1.06 bits per heavy atom. The van der Waals surface area contributed by atoms with E-state index in [0.717, 1.165) is 30.2 Å². The van der Waals surface area contributed by atoms with Gasteiger partial charge in [0.15, 0.2) is 0 Å². The number of piperazine rings is 1. The first-order chi connectivity index (χ1) is 14.8. The third-order valence-electron chi connectivity index (χ3n) is 6.04. The maximum absolute atomic E-state index is 13.5. The zero-order valence-electron chi connectivity index (χ0n) is 16.9. The summed E-state index contributed by atoms with van der Waals surface area (Å²) in [4.78, 5) is 16.6. The van der Waals surface area contributed by atoms with E-state index in [0.29, 0.717) is 55.3 Å². The smallest absolute Gasteiger partial charge is 0.370 e. The Bertz CT molecular complexity index is 983. The summed E-state index contributed by atoms with van der Waals surface area (Å²) >= 11 is 0.741. The van der Waals surface area contributed by atoms with Crippen LogP contribution < -0.4 is 10.2 Å². The van der Waals surface area contributed by atoms with Crippen molar-refractivity contribution < 1.29 is 18.0 Å². The van der Waals surface area contributed by atoms with Gasteiger partial charge in [0.25, 0.3) is 0 Å². The molecule has 0 bridgehead atoms. The van der Waals surface area contributed by atoms with Gasteiger partial charge in [0.2, 0.25) is 5.91 Å². The fourth-order valence-corrected chi connectivity index (χ4v) is 5.33. The Balaban J connectivity index is 1.45. The van der Waals surface area contributed by atoms with Gasteiger partial charge in [-0.2, -0.15) is 18.4 Å². The van der Waals surface area contributed by atoms with Gasteiger partial charge in [-0.1, -0.05) is 25.0 Å². The molecule has 1 aliphatic heterocycles. The topological polar surface area (TPSA) is 59.4 Å². The SMILES string of the molecule is N#Cc1ccccc1NC1(C(=O)N2CCN(c3ccc(C(F)(F)F)s3)CC2)CCCC1. The Morgan fingerprint density at radius 3 is 2.35 bits per heavy atom. The van der Waals surface area contributed by atoms with Crippen molar-refractivity contribution >= 4 is 27.9 Å². The van der Waals surface area contributed by atoms with Gasteiger partial charge in [-0.05, 0) is 37.1 Å². The summed E-state index contributed by atoms with van der Waals surface area (Å²) in [7, 11) is 0. The minimum absolute atomic E-state index is 0.0135. The molecular formula is C22H23F3N4OS. The summed E-state index contributed by atoms with van der Waals surface area (Å²) in [5, 5.41) is 13.4.